The van der Waals surface area contributed by atoms with E-state index >= 15 is 0 Å². The highest BCUT2D eigenvalue weighted by Gasteiger charge is 2.08. The highest BCUT2D eigenvalue weighted by Crippen LogP contribution is 2.10. The molecular formula is C14H20O3. The first kappa shape index (κ1) is 13.7. The number of hydrogen-bond acceptors (Lipinski definition) is 2. The quantitative estimate of drug-likeness (QED) is 0.703. The van der Waals surface area contributed by atoms with Gasteiger partial charge in [-0.2, -0.15) is 0 Å². The van der Waals surface area contributed by atoms with Crippen molar-refractivity contribution in [3.63, 3.8) is 0 Å². The van der Waals surface area contributed by atoms with Gasteiger partial charge < -0.3 is 9.84 Å². The van der Waals surface area contributed by atoms with E-state index in [2.05, 4.69) is 6.92 Å². The first-order valence-corrected chi connectivity index (χ1v) is 6.14. The Morgan fingerprint density at radius 3 is 2.71 bits per heavy atom. The van der Waals surface area contributed by atoms with E-state index in [1.807, 2.05) is 6.07 Å². The predicted octanol–water partition coefficient (Wildman–Crippen LogP) is 3.48. The first-order valence-electron chi connectivity index (χ1n) is 6.14. The number of hydrogen-bond donors (Lipinski definition) is 1. The molecule has 0 fully saturated rings. The Morgan fingerprint density at radius 1 is 1.24 bits per heavy atom. The summed E-state index contributed by atoms with van der Waals surface area (Å²) >= 11 is 0. The minimum absolute atomic E-state index is 0.334. The number of aromatic carboxylic acids is 1. The van der Waals surface area contributed by atoms with Crippen molar-refractivity contribution in [2.24, 2.45) is 0 Å². The van der Waals surface area contributed by atoms with E-state index in [-0.39, 0.29) is 0 Å². The lowest BCUT2D eigenvalue weighted by Gasteiger charge is -2.07. The van der Waals surface area contributed by atoms with Crippen molar-refractivity contribution in [3.05, 3.63) is 35.4 Å². The van der Waals surface area contributed by atoms with Gasteiger partial charge in [0.1, 0.15) is 0 Å². The number of benzene rings is 1. The lowest BCUT2D eigenvalue weighted by molar-refractivity contribution is 0.0686. The van der Waals surface area contributed by atoms with Crippen molar-refractivity contribution in [2.45, 2.75) is 39.2 Å². The summed E-state index contributed by atoms with van der Waals surface area (Å²) in [5, 5.41) is 8.98. The van der Waals surface area contributed by atoms with E-state index in [4.69, 9.17) is 9.84 Å². The van der Waals surface area contributed by atoms with Crippen LogP contribution < -0.4 is 0 Å². The van der Waals surface area contributed by atoms with Gasteiger partial charge in [-0.15, -0.1) is 0 Å². The smallest absolute Gasteiger partial charge is 0.336 e. The molecule has 3 heteroatoms. The van der Waals surface area contributed by atoms with Crippen LogP contribution in [0.25, 0.3) is 0 Å². The van der Waals surface area contributed by atoms with Crippen LogP contribution >= 0.6 is 0 Å². The SMILES string of the molecule is CCCCCCOCc1ccccc1C(=O)O. The van der Waals surface area contributed by atoms with Gasteiger partial charge in [-0.05, 0) is 18.1 Å². The first-order chi connectivity index (χ1) is 8.25. The van der Waals surface area contributed by atoms with Crippen LogP contribution in [0.4, 0.5) is 0 Å². The van der Waals surface area contributed by atoms with Gasteiger partial charge in [-0.1, -0.05) is 44.4 Å². The van der Waals surface area contributed by atoms with Crippen LogP contribution in [-0.4, -0.2) is 17.7 Å². The summed E-state index contributed by atoms with van der Waals surface area (Å²) in [6.07, 6.45) is 4.66. The van der Waals surface area contributed by atoms with E-state index in [0.717, 1.165) is 12.0 Å². The molecule has 0 aromatic heterocycles. The molecule has 0 saturated carbocycles. The van der Waals surface area contributed by atoms with Crippen molar-refractivity contribution in [3.8, 4) is 0 Å². The topological polar surface area (TPSA) is 46.5 Å². The van der Waals surface area contributed by atoms with Crippen molar-refractivity contribution in [1.29, 1.82) is 0 Å². The number of ether oxygens (including phenoxy) is 1. The second-order valence-electron chi connectivity index (χ2n) is 4.08. The molecule has 0 aliphatic rings. The number of carbonyl (C=O) groups is 1. The minimum atomic E-state index is -0.893. The number of rotatable bonds is 8. The average molecular weight is 236 g/mol. The molecule has 0 saturated heterocycles. The molecule has 1 aromatic carbocycles. The van der Waals surface area contributed by atoms with Crippen LogP contribution in [0.5, 0.6) is 0 Å². The van der Waals surface area contributed by atoms with Gasteiger partial charge in [0, 0.05) is 6.61 Å². The van der Waals surface area contributed by atoms with Gasteiger partial charge >= 0.3 is 5.97 Å². The Hall–Kier alpha value is -1.35. The molecule has 0 aliphatic heterocycles. The molecule has 94 valence electrons. The zero-order valence-corrected chi connectivity index (χ0v) is 10.3. The van der Waals surface area contributed by atoms with E-state index in [9.17, 15) is 4.79 Å². The number of carboxylic acid groups (broad SMARTS) is 1. The maximum absolute atomic E-state index is 10.9. The van der Waals surface area contributed by atoms with Gasteiger partial charge in [0.25, 0.3) is 0 Å². The highest BCUT2D eigenvalue weighted by molar-refractivity contribution is 5.89. The Labute approximate surface area is 102 Å². The molecule has 0 aliphatic carbocycles. The van der Waals surface area contributed by atoms with Crippen LogP contribution in [0, 0.1) is 0 Å². The standard InChI is InChI=1S/C14H20O3/c1-2-3-4-7-10-17-11-12-8-5-6-9-13(12)14(15)16/h5-6,8-9H,2-4,7,10-11H2,1H3,(H,15,16). The average Bonchev–Trinajstić information content (AvgIpc) is 2.34. The van der Waals surface area contributed by atoms with Crippen molar-refractivity contribution in [2.75, 3.05) is 6.61 Å². The van der Waals surface area contributed by atoms with E-state index in [1.54, 1.807) is 18.2 Å². The largest absolute Gasteiger partial charge is 0.478 e. The fourth-order valence-corrected chi connectivity index (χ4v) is 1.67. The lowest BCUT2D eigenvalue weighted by atomic mass is 10.1. The monoisotopic (exact) mass is 236 g/mol. The van der Waals surface area contributed by atoms with Gasteiger partial charge in [-0.3, -0.25) is 0 Å². The number of unbranched alkanes of at least 4 members (excludes halogenated alkanes) is 3. The zero-order valence-electron chi connectivity index (χ0n) is 10.3. The van der Waals surface area contributed by atoms with Gasteiger partial charge in [-0.25, -0.2) is 4.79 Å². The van der Waals surface area contributed by atoms with Crippen LogP contribution in [0.1, 0.15) is 48.5 Å². The van der Waals surface area contributed by atoms with E-state index in [1.165, 1.54) is 19.3 Å². The highest BCUT2D eigenvalue weighted by atomic mass is 16.5. The van der Waals surface area contributed by atoms with Crippen LogP contribution in [-0.2, 0) is 11.3 Å². The molecule has 1 rings (SSSR count). The molecule has 17 heavy (non-hydrogen) atoms. The molecular weight excluding hydrogens is 216 g/mol. The summed E-state index contributed by atoms with van der Waals surface area (Å²) in [6, 6.07) is 6.98. The summed E-state index contributed by atoms with van der Waals surface area (Å²) in [6.45, 7) is 3.26. The second-order valence-corrected chi connectivity index (χ2v) is 4.08. The Bertz CT molecular complexity index is 347. The molecule has 0 spiro atoms. The van der Waals surface area contributed by atoms with Crippen molar-refractivity contribution >= 4 is 5.97 Å². The summed E-state index contributed by atoms with van der Waals surface area (Å²) in [4.78, 5) is 10.9. The van der Waals surface area contributed by atoms with E-state index in [0.29, 0.717) is 18.8 Å². The summed E-state index contributed by atoms with van der Waals surface area (Å²) in [5.41, 5.74) is 1.08. The molecule has 1 N–H and O–H groups in total. The van der Waals surface area contributed by atoms with Gasteiger partial charge in [0.15, 0.2) is 0 Å². The maximum Gasteiger partial charge on any atom is 0.336 e. The molecule has 0 radical (unpaired) electrons. The maximum atomic E-state index is 10.9. The number of carboxylic acids is 1. The van der Waals surface area contributed by atoms with Crippen molar-refractivity contribution < 1.29 is 14.6 Å². The predicted molar refractivity (Wildman–Crippen MR) is 67.2 cm³/mol. The third kappa shape index (κ3) is 5.00. The molecule has 3 nitrogen and oxygen atoms in total. The van der Waals surface area contributed by atoms with Crippen LogP contribution in [0.15, 0.2) is 24.3 Å². The molecule has 0 amide bonds. The van der Waals surface area contributed by atoms with Crippen molar-refractivity contribution in [1.82, 2.24) is 0 Å². The van der Waals surface area contributed by atoms with Crippen LogP contribution in [0.3, 0.4) is 0 Å². The molecule has 0 unspecified atom stereocenters. The Balaban J connectivity index is 2.34. The Kier molecular flexibility index (Phi) is 6.33. The molecule has 1 aromatic rings. The van der Waals surface area contributed by atoms with Gasteiger partial charge in [0.05, 0.1) is 12.2 Å². The minimum Gasteiger partial charge on any atom is -0.478 e. The fourth-order valence-electron chi connectivity index (χ4n) is 1.67. The molecule has 0 heterocycles. The fraction of sp³-hybridized carbons (Fsp3) is 0.500. The summed E-state index contributed by atoms with van der Waals surface area (Å²) < 4.78 is 5.49. The summed E-state index contributed by atoms with van der Waals surface area (Å²) in [7, 11) is 0. The molecule has 0 atom stereocenters. The third-order valence-corrected chi connectivity index (χ3v) is 2.65. The normalized spacial score (nSPS) is 10.4. The second kappa shape index (κ2) is 7.85. The lowest BCUT2D eigenvalue weighted by Crippen LogP contribution is -2.04. The molecule has 0 bridgehead atoms. The summed E-state index contributed by atoms with van der Waals surface area (Å²) in [5.74, 6) is -0.893. The zero-order chi connectivity index (χ0) is 12.5. The third-order valence-electron chi connectivity index (χ3n) is 2.65. The van der Waals surface area contributed by atoms with E-state index < -0.39 is 5.97 Å². The Morgan fingerprint density at radius 2 is 2.00 bits per heavy atom. The van der Waals surface area contributed by atoms with Gasteiger partial charge in [0.2, 0.25) is 0 Å². The van der Waals surface area contributed by atoms with Crippen LogP contribution in [0.2, 0.25) is 0 Å².